The van der Waals surface area contributed by atoms with Gasteiger partial charge in [-0.05, 0) is 35.9 Å². The molecule has 1 aromatic carbocycles. The Labute approximate surface area is 139 Å². The molecule has 1 saturated heterocycles. The fourth-order valence-corrected chi connectivity index (χ4v) is 2.56. The average Bonchev–Trinajstić information content (AvgIpc) is 2.56. The molecule has 0 spiro atoms. The summed E-state index contributed by atoms with van der Waals surface area (Å²) in [6, 6.07) is 7.57. The number of anilines is 2. The molecule has 1 aliphatic rings. The molecule has 2 heterocycles. The van der Waals surface area contributed by atoms with E-state index in [4.69, 9.17) is 4.74 Å². The normalized spacial score (nSPS) is 15.0. The van der Waals surface area contributed by atoms with Crippen molar-refractivity contribution >= 4 is 17.4 Å². The Hall–Kier alpha value is -2.51. The van der Waals surface area contributed by atoms with Gasteiger partial charge in [-0.1, -0.05) is 0 Å². The summed E-state index contributed by atoms with van der Waals surface area (Å²) in [4.78, 5) is 18.1. The number of ether oxygens (including phenoxy) is 1. The Balaban J connectivity index is 1.63. The number of amides is 2. The first-order chi connectivity index (χ1) is 11.7. The molecule has 2 aromatic rings. The van der Waals surface area contributed by atoms with Gasteiger partial charge in [0.15, 0.2) is 0 Å². The van der Waals surface area contributed by atoms with Crippen molar-refractivity contribution in [3.63, 3.8) is 0 Å². The molecule has 24 heavy (non-hydrogen) atoms. The lowest BCUT2D eigenvalue weighted by Crippen LogP contribution is -2.35. The van der Waals surface area contributed by atoms with Crippen LogP contribution in [0, 0.1) is 5.82 Å². The number of carbonyl (C=O) groups excluding carboxylic acids is 1. The molecule has 0 aliphatic carbocycles. The molecule has 1 fully saturated rings. The number of morpholine rings is 1. The van der Waals surface area contributed by atoms with E-state index in [0.717, 1.165) is 18.7 Å². The van der Waals surface area contributed by atoms with Crippen molar-refractivity contribution in [2.75, 3.05) is 36.9 Å². The standard InChI is InChI=1S/C17H19FN4O2/c18-14-8-13(12-22-4-6-24-7-5-22)9-16(10-14)21-17(23)20-15-2-1-3-19-11-15/h1-3,8-11H,4-7,12H2,(H2,20,21,23). The molecule has 2 amide bonds. The highest BCUT2D eigenvalue weighted by molar-refractivity contribution is 5.99. The van der Waals surface area contributed by atoms with Crippen LogP contribution in [0.2, 0.25) is 0 Å². The smallest absolute Gasteiger partial charge is 0.323 e. The number of urea groups is 1. The summed E-state index contributed by atoms with van der Waals surface area (Å²) < 4.78 is 19.1. The van der Waals surface area contributed by atoms with Gasteiger partial charge in [-0.25, -0.2) is 9.18 Å². The van der Waals surface area contributed by atoms with Crippen molar-refractivity contribution in [1.82, 2.24) is 9.88 Å². The summed E-state index contributed by atoms with van der Waals surface area (Å²) in [6.45, 7) is 3.64. The van der Waals surface area contributed by atoms with Gasteiger partial charge in [0.2, 0.25) is 0 Å². The molecule has 1 aliphatic heterocycles. The number of rotatable bonds is 4. The lowest BCUT2D eigenvalue weighted by atomic mass is 10.1. The Bertz CT molecular complexity index is 690. The number of aromatic nitrogens is 1. The SMILES string of the molecule is O=C(Nc1cccnc1)Nc1cc(F)cc(CN2CCOCC2)c1. The van der Waals surface area contributed by atoms with E-state index in [1.54, 1.807) is 24.4 Å². The van der Waals surface area contributed by atoms with Crippen LogP contribution in [0.15, 0.2) is 42.7 Å². The second-order valence-electron chi connectivity index (χ2n) is 5.56. The lowest BCUT2D eigenvalue weighted by Gasteiger charge is -2.26. The van der Waals surface area contributed by atoms with Crippen LogP contribution in [0.5, 0.6) is 0 Å². The first kappa shape index (κ1) is 16.4. The van der Waals surface area contributed by atoms with Crippen LogP contribution in [-0.2, 0) is 11.3 Å². The highest BCUT2D eigenvalue weighted by atomic mass is 19.1. The van der Waals surface area contributed by atoms with Crippen molar-refractivity contribution in [2.45, 2.75) is 6.54 Å². The van der Waals surface area contributed by atoms with E-state index in [2.05, 4.69) is 20.5 Å². The summed E-state index contributed by atoms with van der Waals surface area (Å²) in [5.41, 5.74) is 1.80. The fourth-order valence-electron chi connectivity index (χ4n) is 2.56. The van der Waals surface area contributed by atoms with Gasteiger partial charge in [-0.3, -0.25) is 9.88 Å². The first-order valence-corrected chi connectivity index (χ1v) is 7.77. The maximum Gasteiger partial charge on any atom is 0.323 e. The molecule has 0 radical (unpaired) electrons. The third-order valence-corrected chi connectivity index (χ3v) is 3.64. The number of benzene rings is 1. The van der Waals surface area contributed by atoms with Gasteiger partial charge in [-0.15, -0.1) is 0 Å². The van der Waals surface area contributed by atoms with Crippen LogP contribution in [0.3, 0.4) is 0 Å². The van der Waals surface area contributed by atoms with Gasteiger partial charge in [0.1, 0.15) is 5.82 Å². The number of nitrogens with zero attached hydrogens (tertiary/aromatic N) is 2. The van der Waals surface area contributed by atoms with Crippen LogP contribution in [0.25, 0.3) is 0 Å². The van der Waals surface area contributed by atoms with Gasteiger partial charge >= 0.3 is 6.03 Å². The highest BCUT2D eigenvalue weighted by Gasteiger charge is 2.12. The number of hydrogen-bond donors (Lipinski definition) is 2. The molecule has 126 valence electrons. The zero-order valence-electron chi connectivity index (χ0n) is 13.2. The van der Waals surface area contributed by atoms with Crippen LogP contribution in [-0.4, -0.2) is 42.2 Å². The van der Waals surface area contributed by atoms with E-state index in [0.29, 0.717) is 31.1 Å². The van der Waals surface area contributed by atoms with Crippen molar-refractivity contribution in [3.8, 4) is 0 Å². The van der Waals surface area contributed by atoms with E-state index in [1.165, 1.54) is 18.3 Å². The zero-order chi connectivity index (χ0) is 16.8. The number of hydrogen-bond acceptors (Lipinski definition) is 4. The molecule has 0 unspecified atom stereocenters. The molecule has 2 N–H and O–H groups in total. The minimum absolute atomic E-state index is 0.377. The lowest BCUT2D eigenvalue weighted by molar-refractivity contribution is 0.0341. The third kappa shape index (κ3) is 4.74. The molecular weight excluding hydrogens is 311 g/mol. The van der Waals surface area contributed by atoms with E-state index in [-0.39, 0.29) is 5.82 Å². The second-order valence-corrected chi connectivity index (χ2v) is 5.56. The van der Waals surface area contributed by atoms with E-state index >= 15 is 0 Å². The molecule has 0 atom stereocenters. The van der Waals surface area contributed by atoms with E-state index in [1.807, 2.05) is 0 Å². The van der Waals surface area contributed by atoms with Crippen LogP contribution in [0.4, 0.5) is 20.6 Å². The van der Waals surface area contributed by atoms with Gasteiger partial charge < -0.3 is 15.4 Å². The van der Waals surface area contributed by atoms with E-state index in [9.17, 15) is 9.18 Å². The van der Waals surface area contributed by atoms with Crippen molar-refractivity contribution in [2.24, 2.45) is 0 Å². The largest absolute Gasteiger partial charge is 0.379 e. The molecule has 6 nitrogen and oxygen atoms in total. The Morgan fingerprint density at radius 1 is 1.21 bits per heavy atom. The minimum atomic E-state index is -0.439. The molecule has 0 saturated carbocycles. The van der Waals surface area contributed by atoms with Gasteiger partial charge in [0.25, 0.3) is 0 Å². The van der Waals surface area contributed by atoms with Crippen molar-refractivity contribution in [1.29, 1.82) is 0 Å². The first-order valence-electron chi connectivity index (χ1n) is 7.77. The van der Waals surface area contributed by atoms with Gasteiger partial charge in [0, 0.05) is 31.5 Å². The third-order valence-electron chi connectivity index (χ3n) is 3.64. The predicted octanol–water partition coefficient (Wildman–Crippen LogP) is 2.70. The number of carbonyl (C=O) groups is 1. The zero-order valence-corrected chi connectivity index (χ0v) is 13.2. The average molecular weight is 330 g/mol. The number of halogens is 1. The maximum atomic E-state index is 13.8. The highest BCUT2D eigenvalue weighted by Crippen LogP contribution is 2.17. The number of pyridine rings is 1. The monoisotopic (exact) mass is 330 g/mol. The van der Waals surface area contributed by atoms with Gasteiger partial charge in [0.05, 0.1) is 25.1 Å². The summed E-state index contributed by atoms with van der Waals surface area (Å²) in [7, 11) is 0. The molecule has 7 heteroatoms. The van der Waals surface area contributed by atoms with Crippen molar-refractivity contribution in [3.05, 3.63) is 54.1 Å². The predicted molar refractivity (Wildman–Crippen MR) is 89.4 cm³/mol. The molecular formula is C17H19FN4O2. The second kappa shape index (κ2) is 7.85. The minimum Gasteiger partial charge on any atom is -0.379 e. The molecule has 1 aromatic heterocycles. The Morgan fingerprint density at radius 3 is 2.75 bits per heavy atom. The van der Waals surface area contributed by atoms with Crippen LogP contribution in [0.1, 0.15) is 5.56 Å². The maximum absolute atomic E-state index is 13.8. The summed E-state index contributed by atoms with van der Waals surface area (Å²) >= 11 is 0. The Morgan fingerprint density at radius 2 is 2.00 bits per heavy atom. The fraction of sp³-hybridized carbons (Fsp3) is 0.294. The quantitative estimate of drug-likeness (QED) is 0.904. The summed E-state index contributed by atoms with van der Waals surface area (Å²) in [5.74, 6) is -0.377. The van der Waals surface area contributed by atoms with Crippen LogP contribution >= 0.6 is 0 Å². The van der Waals surface area contributed by atoms with Gasteiger partial charge in [-0.2, -0.15) is 0 Å². The van der Waals surface area contributed by atoms with E-state index < -0.39 is 6.03 Å². The number of nitrogens with one attached hydrogen (secondary N) is 2. The van der Waals surface area contributed by atoms with Crippen LogP contribution < -0.4 is 10.6 Å². The molecule has 0 bridgehead atoms. The Kier molecular flexibility index (Phi) is 5.35. The summed E-state index contributed by atoms with van der Waals surface area (Å²) in [5, 5.41) is 5.30. The molecule has 3 rings (SSSR count). The topological polar surface area (TPSA) is 66.5 Å². The van der Waals surface area contributed by atoms with Crippen molar-refractivity contribution < 1.29 is 13.9 Å². The summed E-state index contributed by atoms with van der Waals surface area (Å²) in [6.07, 6.45) is 3.16.